The van der Waals surface area contributed by atoms with Crippen LogP contribution >= 0.6 is 11.3 Å². The van der Waals surface area contributed by atoms with Crippen molar-refractivity contribution in [1.29, 1.82) is 0 Å². The van der Waals surface area contributed by atoms with Crippen molar-refractivity contribution in [2.24, 2.45) is 0 Å². The van der Waals surface area contributed by atoms with E-state index in [4.69, 9.17) is 0 Å². The standard InChI is InChI=1S/C11H9N3S/c1-8-13-14-10(7-12-11(14)15-8)9-5-3-2-4-6-9/h2-7H,1H3. The van der Waals surface area contributed by atoms with Crippen LogP contribution in [0.2, 0.25) is 0 Å². The minimum Gasteiger partial charge on any atom is -0.225 e. The summed E-state index contributed by atoms with van der Waals surface area (Å²) in [5.74, 6) is 0. The van der Waals surface area contributed by atoms with Crippen LogP contribution in [-0.2, 0) is 0 Å². The fraction of sp³-hybridized carbons (Fsp3) is 0.0909. The number of fused-ring (bicyclic) bond motifs is 1. The van der Waals surface area contributed by atoms with Gasteiger partial charge in [-0.15, -0.1) is 0 Å². The van der Waals surface area contributed by atoms with Crippen molar-refractivity contribution in [3.05, 3.63) is 41.5 Å². The number of hydrogen-bond acceptors (Lipinski definition) is 3. The van der Waals surface area contributed by atoms with Crippen molar-refractivity contribution in [2.75, 3.05) is 0 Å². The summed E-state index contributed by atoms with van der Waals surface area (Å²) in [7, 11) is 0. The number of benzene rings is 1. The molecule has 1 aromatic carbocycles. The van der Waals surface area contributed by atoms with Crippen LogP contribution in [0, 0.1) is 6.92 Å². The van der Waals surface area contributed by atoms with Crippen molar-refractivity contribution in [3.63, 3.8) is 0 Å². The van der Waals surface area contributed by atoms with Gasteiger partial charge in [-0.25, -0.2) is 9.50 Å². The second-order valence-electron chi connectivity index (χ2n) is 3.32. The van der Waals surface area contributed by atoms with Gasteiger partial charge in [0.1, 0.15) is 5.01 Å². The molecule has 0 atom stereocenters. The molecule has 0 fully saturated rings. The molecule has 0 amide bonds. The molecule has 0 aliphatic carbocycles. The summed E-state index contributed by atoms with van der Waals surface area (Å²) in [6.45, 7) is 1.99. The van der Waals surface area contributed by atoms with E-state index in [9.17, 15) is 0 Å². The van der Waals surface area contributed by atoms with Crippen molar-refractivity contribution in [3.8, 4) is 11.3 Å². The lowest BCUT2D eigenvalue weighted by atomic mass is 10.2. The highest BCUT2D eigenvalue weighted by molar-refractivity contribution is 7.16. The van der Waals surface area contributed by atoms with Crippen LogP contribution in [-0.4, -0.2) is 14.6 Å². The second kappa shape index (κ2) is 3.17. The molecule has 0 saturated heterocycles. The van der Waals surface area contributed by atoms with Gasteiger partial charge in [0.2, 0.25) is 4.96 Å². The van der Waals surface area contributed by atoms with Crippen LogP contribution in [0.25, 0.3) is 16.2 Å². The predicted octanol–water partition coefficient (Wildman–Crippen LogP) is 2.77. The van der Waals surface area contributed by atoms with E-state index in [0.29, 0.717) is 0 Å². The topological polar surface area (TPSA) is 30.2 Å². The first-order chi connectivity index (χ1) is 7.34. The van der Waals surface area contributed by atoms with Gasteiger partial charge in [0, 0.05) is 5.56 Å². The molecular formula is C11H9N3S. The third-order valence-electron chi connectivity index (χ3n) is 2.26. The Morgan fingerprint density at radius 2 is 2.00 bits per heavy atom. The van der Waals surface area contributed by atoms with Gasteiger partial charge >= 0.3 is 0 Å². The molecule has 0 unspecified atom stereocenters. The Balaban J connectivity index is 2.27. The zero-order chi connectivity index (χ0) is 10.3. The highest BCUT2D eigenvalue weighted by Gasteiger charge is 2.08. The third-order valence-corrected chi connectivity index (χ3v) is 3.09. The first-order valence-electron chi connectivity index (χ1n) is 4.71. The zero-order valence-corrected chi connectivity index (χ0v) is 9.03. The third kappa shape index (κ3) is 1.34. The van der Waals surface area contributed by atoms with Crippen LogP contribution in [0.1, 0.15) is 5.01 Å². The minimum atomic E-state index is 0.950. The fourth-order valence-electron chi connectivity index (χ4n) is 1.59. The summed E-state index contributed by atoms with van der Waals surface area (Å²) in [6.07, 6.45) is 1.87. The average molecular weight is 215 g/mol. The van der Waals surface area contributed by atoms with Crippen LogP contribution in [0.15, 0.2) is 36.5 Å². The summed E-state index contributed by atoms with van der Waals surface area (Å²) in [4.78, 5) is 5.29. The van der Waals surface area contributed by atoms with E-state index in [1.807, 2.05) is 35.8 Å². The summed E-state index contributed by atoms with van der Waals surface area (Å²) in [5.41, 5.74) is 2.20. The van der Waals surface area contributed by atoms with Crippen LogP contribution in [0.3, 0.4) is 0 Å². The van der Waals surface area contributed by atoms with E-state index in [1.165, 1.54) is 0 Å². The average Bonchev–Trinajstić information content (AvgIpc) is 2.77. The summed E-state index contributed by atoms with van der Waals surface area (Å²) < 4.78 is 1.90. The van der Waals surface area contributed by atoms with Gasteiger partial charge in [-0.1, -0.05) is 41.7 Å². The van der Waals surface area contributed by atoms with E-state index in [-0.39, 0.29) is 0 Å². The van der Waals surface area contributed by atoms with Crippen LogP contribution in [0.5, 0.6) is 0 Å². The van der Waals surface area contributed by atoms with Crippen molar-refractivity contribution < 1.29 is 0 Å². The summed E-state index contributed by atoms with van der Waals surface area (Å²) in [5, 5.41) is 5.46. The molecule has 0 bridgehead atoms. The normalized spacial score (nSPS) is 11.0. The second-order valence-corrected chi connectivity index (χ2v) is 4.49. The number of imidazole rings is 1. The Hall–Kier alpha value is -1.68. The Morgan fingerprint density at radius 3 is 2.80 bits per heavy atom. The highest BCUT2D eigenvalue weighted by atomic mass is 32.1. The molecule has 15 heavy (non-hydrogen) atoms. The lowest BCUT2D eigenvalue weighted by Gasteiger charge is -1.96. The largest absolute Gasteiger partial charge is 0.225 e. The van der Waals surface area contributed by atoms with Gasteiger partial charge in [0.05, 0.1) is 11.9 Å². The molecule has 0 spiro atoms. The number of rotatable bonds is 1. The van der Waals surface area contributed by atoms with E-state index >= 15 is 0 Å². The Bertz CT molecular complexity index is 595. The lowest BCUT2D eigenvalue weighted by Crippen LogP contribution is -1.87. The number of nitrogens with zero attached hydrogens (tertiary/aromatic N) is 3. The molecule has 0 aliphatic heterocycles. The minimum absolute atomic E-state index is 0.950. The van der Waals surface area contributed by atoms with Crippen LogP contribution in [0.4, 0.5) is 0 Å². The first kappa shape index (κ1) is 8.61. The Morgan fingerprint density at radius 1 is 1.20 bits per heavy atom. The monoisotopic (exact) mass is 215 g/mol. The number of aryl methyl sites for hydroxylation is 1. The summed E-state index contributed by atoms with van der Waals surface area (Å²) >= 11 is 1.61. The molecule has 3 nitrogen and oxygen atoms in total. The van der Waals surface area contributed by atoms with Gasteiger partial charge < -0.3 is 0 Å². The van der Waals surface area contributed by atoms with Crippen molar-refractivity contribution in [1.82, 2.24) is 14.6 Å². The molecule has 2 aromatic heterocycles. The van der Waals surface area contributed by atoms with E-state index < -0.39 is 0 Å². The van der Waals surface area contributed by atoms with Gasteiger partial charge in [-0.05, 0) is 6.92 Å². The van der Waals surface area contributed by atoms with Gasteiger partial charge in [-0.3, -0.25) is 0 Å². The zero-order valence-electron chi connectivity index (χ0n) is 8.21. The Labute approximate surface area is 91.0 Å². The molecule has 2 heterocycles. The van der Waals surface area contributed by atoms with E-state index in [2.05, 4.69) is 22.2 Å². The Kier molecular flexibility index (Phi) is 1.82. The van der Waals surface area contributed by atoms with Crippen molar-refractivity contribution >= 4 is 16.3 Å². The maximum Gasteiger partial charge on any atom is 0.212 e. The van der Waals surface area contributed by atoms with E-state index in [0.717, 1.165) is 21.2 Å². The molecule has 0 saturated carbocycles. The molecule has 0 radical (unpaired) electrons. The SMILES string of the molecule is Cc1nn2c(-c3ccccc3)cnc2s1. The lowest BCUT2D eigenvalue weighted by molar-refractivity contribution is 0.953. The van der Waals surface area contributed by atoms with Gasteiger partial charge in [0.15, 0.2) is 0 Å². The first-order valence-corrected chi connectivity index (χ1v) is 5.53. The molecule has 4 heteroatoms. The predicted molar refractivity (Wildman–Crippen MR) is 61.0 cm³/mol. The molecule has 74 valence electrons. The molecule has 3 rings (SSSR count). The number of aromatic nitrogens is 3. The molecular weight excluding hydrogens is 206 g/mol. The quantitative estimate of drug-likeness (QED) is 0.624. The highest BCUT2D eigenvalue weighted by Crippen LogP contribution is 2.22. The van der Waals surface area contributed by atoms with Gasteiger partial charge in [0.25, 0.3) is 0 Å². The molecule has 0 aliphatic rings. The smallest absolute Gasteiger partial charge is 0.212 e. The fourth-order valence-corrected chi connectivity index (χ4v) is 2.31. The maximum absolute atomic E-state index is 4.42. The summed E-state index contributed by atoms with van der Waals surface area (Å²) in [6, 6.07) is 10.2. The van der Waals surface area contributed by atoms with Gasteiger partial charge in [-0.2, -0.15) is 5.10 Å². The molecule has 3 aromatic rings. The molecule has 0 N–H and O–H groups in total. The maximum atomic E-state index is 4.42. The number of hydrogen-bond donors (Lipinski definition) is 0. The van der Waals surface area contributed by atoms with Crippen molar-refractivity contribution in [2.45, 2.75) is 6.92 Å². The van der Waals surface area contributed by atoms with E-state index in [1.54, 1.807) is 11.3 Å². The van der Waals surface area contributed by atoms with Crippen LogP contribution < -0.4 is 0 Å².